The predicted molar refractivity (Wildman–Crippen MR) is 79.6 cm³/mol. The zero-order valence-electron chi connectivity index (χ0n) is 13.3. The number of carboxylic acid groups (broad SMARTS) is 1. The first-order valence-electron chi connectivity index (χ1n) is 7.39. The second-order valence-corrected chi connectivity index (χ2v) is 5.64. The van der Waals surface area contributed by atoms with Crippen molar-refractivity contribution in [1.29, 1.82) is 0 Å². The molecule has 0 unspecified atom stereocenters. The fourth-order valence-corrected chi connectivity index (χ4v) is 2.36. The highest BCUT2D eigenvalue weighted by molar-refractivity contribution is 5.77. The molecule has 0 aliphatic heterocycles. The van der Waals surface area contributed by atoms with Gasteiger partial charge < -0.3 is 5.11 Å². The summed E-state index contributed by atoms with van der Waals surface area (Å²) in [6.07, 6.45) is 4.10. The molecule has 1 rings (SSSR count). The lowest BCUT2D eigenvalue weighted by Gasteiger charge is -2.33. The second kappa shape index (κ2) is 6.88. The van der Waals surface area contributed by atoms with Crippen molar-refractivity contribution in [2.75, 3.05) is 6.54 Å². The molecule has 1 aromatic heterocycles. The van der Waals surface area contributed by atoms with Crippen LogP contribution in [0.25, 0.3) is 0 Å². The fraction of sp³-hybridized carbons (Fsp3) is 0.733. The first kappa shape index (κ1) is 16.7. The summed E-state index contributed by atoms with van der Waals surface area (Å²) in [4.78, 5) is 13.3. The summed E-state index contributed by atoms with van der Waals surface area (Å²) in [6.45, 7) is 11.0. The smallest absolute Gasteiger partial charge is 0.323 e. The molecule has 0 radical (unpaired) electrons. The van der Waals surface area contributed by atoms with Crippen LogP contribution in [-0.2, 0) is 11.3 Å². The lowest BCUT2D eigenvalue weighted by molar-refractivity contribution is -0.149. The van der Waals surface area contributed by atoms with Gasteiger partial charge in [0.25, 0.3) is 0 Å². The Kier molecular flexibility index (Phi) is 5.74. The summed E-state index contributed by atoms with van der Waals surface area (Å²) in [5.74, 6) is -0.807. The molecule has 1 heterocycles. The molecule has 0 atom stereocenters. The first-order chi connectivity index (χ1) is 9.36. The van der Waals surface area contributed by atoms with Crippen LogP contribution in [0.4, 0.5) is 0 Å². The highest BCUT2D eigenvalue weighted by Crippen LogP contribution is 2.19. The van der Waals surface area contributed by atoms with E-state index < -0.39 is 11.5 Å². The van der Waals surface area contributed by atoms with Gasteiger partial charge >= 0.3 is 5.97 Å². The highest BCUT2D eigenvalue weighted by Gasteiger charge is 2.33. The second-order valence-electron chi connectivity index (χ2n) is 5.64. The molecule has 0 aliphatic carbocycles. The molecule has 0 fully saturated rings. The summed E-state index contributed by atoms with van der Waals surface area (Å²) < 4.78 is 2.00. The molecule has 0 bridgehead atoms. The van der Waals surface area contributed by atoms with Crippen molar-refractivity contribution in [3.63, 3.8) is 0 Å². The van der Waals surface area contributed by atoms with Gasteiger partial charge in [-0.25, -0.2) is 0 Å². The van der Waals surface area contributed by atoms with Crippen LogP contribution in [0.5, 0.6) is 0 Å². The van der Waals surface area contributed by atoms with Crippen molar-refractivity contribution in [1.82, 2.24) is 14.7 Å². The Bertz CT molecular complexity index is 436. The average molecular weight is 281 g/mol. The van der Waals surface area contributed by atoms with Gasteiger partial charge in [0.05, 0.1) is 11.7 Å². The van der Waals surface area contributed by atoms with Gasteiger partial charge in [-0.05, 0) is 39.3 Å². The van der Waals surface area contributed by atoms with E-state index >= 15 is 0 Å². The molecule has 114 valence electrons. The molecule has 1 aromatic rings. The van der Waals surface area contributed by atoms with E-state index in [2.05, 4.69) is 18.9 Å². The standard InChI is InChI=1S/C15H27N3O2/c1-6-13(7-2)18-10-9-12(16-18)11-17(8-3)15(4,5)14(19)20/h9-10,13H,6-8,11H2,1-5H3,(H,19,20). The zero-order chi connectivity index (χ0) is 15.3. The Hall–Kier alpha value is -1.36. The lowest BCUT2D eigenvalue weighted by atomic mass is 10.0. The minimum absolute atomic E-state index is 0.423. The van der Waals surface area contributed by atoms with Crippen LogP contribution in [0.3, 0.4) is 0 Å². The third kappa shape index (κ3) is 3.60. The quantitative estimate of drug-likeness (QED) is 0.796. The minimum atomic E-state index is -0.882. The van der Waals surface area contributed by atoms with E-state index in [1.165, 1.54) is 0 Å². The Morgan fingerprint density at radius 2 is 2.00 bits per heavy atom. The number of carbonyl (C=O) groups is 1. The van der Waals surface area contributed by atoms with Gasteiger partial charge in [-0.2, -0.15) is 5.10 Å². The van der Waals surface area contributed by atoms with Crippen LogP contribution in [-0.4, -0.2) is 37.8 Å². The Balaban J connectivity index is 2.84. The van der Waals surface area contributed by atoms with Crippen LogP contribution in [0.15, 0.2) is 12.3 Å². The summed E-state index contributed by atoms with van der Waals surface area (Å²) in [5.41, 5.74) is 0.0426. The summed E-state index contributed by atoms with van der Waals surface area (Å²) >= 11 is 0. The normalized spacial score (nSPS) is 12.3. The van der Waals surface area contributed by atoms with E-state index in [4.69, 9.17) is 0 Å². The Morgan fingerprint density at radius 3 is 2.45 bits per heavy atom. The van der Waals surface area contributed by atoms with E-state index in [0.29, 0.717) is 19.1 Å². The molecule has 0 aromatic carbocycles. The zero-order valence-corrected chi connectivity index (χ0v) is 13.3. The Morgan fingerprint density at radius 1 is 1.40 bits per heavy atom. The van der Waals surface area contributed by atoms with Gasteiger partial charge in [0.2, 0.25) is 0 Å². The average Bonchev–Trinajstić information content (AvgIpc) is 2.85. The number of hydrogen-bond donors (Lipinski definition) is 1. The molecule has 1 N–H and O–H groups in total. The number of likely N-dealkylation sites (N-methyl/N-ethyl adjacent to an activating group) is 1. The molecule has 5 heteroatoms. The molecule has 0 amide bonds. The molecule has 0 saturated heterocycles. The third-order valence-electron chi connectivity index (χ3n) is 4.03. The third-order valence-corrected chi connectivity index (χ3v) is 4.03. The van der Waals surface area contributed by atoms with Crippen LogP contribution in [0, 0.1) is 0 Å². The van der Waals surface area contributed by atoms with Crippen molar-refractivity contribution in [3.8, 4) is 0 Å². The molecule has 5 nitrogen and oxygen atoms in total. The Labute approximate surface area is 121 Å². The molecule has 0 aliphatic rings. The van der Waals surface area contributed by atoms with E-state index in [-0.39, 0.29) is 0 Å². The number of carboxylic acids is 1. The van der Waals surface area contributed by atoms with E-state index in [1.807, 2.05) is 28.8 Å². The van der Waals surface area contributed by atoms with E-state index in [1.54, 1.807) is 13.8 Å². The number of rotatable bonds is 8. The van der Waals surface area contributed by atoms with Crippen molar-refractivity contribution < 1.29 is 9.90 Å². The highest BCUT2D eigenvalue weighted by atomic mass is 16.4. The van der Waals surface area contributed by atoms with E-state index in [9.17, 15) is 9.90 Å². The molecular formula is C15H27N3O2. The minimum Gasteiger partial charge on any atom is -0.480 e. The largest absolute Gasteiger partial charge is 0.480 e. The van der Waals surface area contributed by atoms with Gasteiger partial charge in [0.1, 0.15) is 5.54 Å². The molecule has 20 heavy (non-hydrogen) atoms. The van der Waals surface area contributed by atoms with Gasteiger partial charge in [-0.1, -0.05) is 20.8 Å². The van der Waals surface area contributed by atoms with Crippen molar-refractivity contribution in [3.05, 3.63) is 18.0 Å². The van der Waals surface area contributed by atoms with Crippen LogP contribution >= 0.6 is 0 Å². The number of hydrogen-bond acceptors (Lipinski definition) is 3. The first-order valence-corrected chi connectivity index (χ1v) is 7.39. The van der Waals surface area contributed by atoms with Crippen molar-refractivity contribution in [2.24, 2.45) is 0 Å². The number of aromatic nitrogens is 2. The topological polar surface area (TPSA) is 58.4 Å². The fourth-order valence-electron chi connectivity index (χ4n) is 2.36. The number of aliphatic carboxylic acids is 1. The van der Waals surface area contributed by atoms with Crippen LogP contribution in [0.1, 0.15) is 59.2 Å². The predicted octanol–water partition coefficient (Wildman–Crippen LogP) is 2.93. The van der Waals surface area contributed by atoms with Crippen LogP contribution < -0.4 is 0 Å². The van der Waals surface area contributed by atoms with Gasteiger partial charge in [0.15, 0.2) is 0 Å². The van der Waals surface area contributed by atoms with Crippen molar-refractivity contribution in [2.45, 2.75) is 65.6 Å². The maximum absolute atomic E-state index is 11.4. The lowest BCUT2D eigenvalue weighted by Crippen LogP contribution is -2.49. The SMILES string of the molecule is CCC(CC)n1ccc(CN(CC)C(C)(C)C(=O)O)n1. The van der Waals surface area contributed by atoms with Gasteiger partial charge in [-0.3, -0.25) is 14.4 Å². The summed E-state index contributed by atoms with van der Waals surface area (Å²) in [6, 6.07) is 2.41. The van der Waals surface area contributed by atoms with Crippen molar-refractivity contribution >= 4 is 5.97 Å². The summed E-state index contributed by atoms with van der Waals surface area (Å²) in [5, 5.41) is 13.9. The number of nitrogens with zero attached hydrogens (tertiary/aromatic N) is 3. The molecule has 0 spiro atoms. The van der Waals surface area contributed by atoms with Crippen LogP contribution in [0.2, 0.25) is 0 Å². The maximum atomic E-state index is 11.4. The monoisotopic (exact) mass is 281 g/mol. The summed E-state index contributed by atoms with van der Waals surface area (Å²) in [7, 11) is 0. The molecule has 0 saturated carbocycles. The molecular weight excluding hydrogens is 254 g/mol. The van der Waals surface area contributed by atoms with Gasteiger partial charge in [-0.15, -0.1) is 0 Å². The maximum Gasteiger partial charge on any atom is 0.323 e. The van der Waals surface area contributed by atoms with E-state index in [0.717, 1.165) is 18.5 Å². The van der Waals surface area contributed by atoms with Gasteiger partial charge in [0, 0.05) is 12.7 Å².